The van der Waals surface area contributed by atoms with E-state index in [4.69, 9.17) is 4.74 Å². The number of carbonyl (C=O) groups excluding carboxylic acids is 2. The topological polar surface area (TPSA) is 46.6 Å². The Hall–Kier alpha value is -1.06. The van der Waals surface area contributed by atoms with Crippen LogP contribution in [0.15, 0.2) is 0 Å². The molecule has 4 heteroatoms. The van der Waals surface area contributed by atoms with E-state index in [9.17, 15) is 9.59 Å². The predicted octanol–water partition coefficient (Wildman–Crippen LogP) is 3.92. The van der Waals surface area contributed by atoms with Gasteiger partial charge in [-0.15, -0.1) is 0 Å². The number of amides is 1. The van der Waals surface area contributed by atoms with Crippen LogP contribution in [0.5, 0.6) is 0 Å². The van der Waals surface area contributed by atoms with Crippen molar-refractivity contribution in [3.05, 3.63) is 0 Å². The zero-order chi connectivity index (χ0) is 15.6. The van der Waals surface area contributed by atoms with E-state index in [1.54, 1.807) is 0 Å². The fourth-order valence-corrected chi connectivity index (χ4v) is 3.57. The summed E-state index contributed by atoms with van der Waals surface area (Å²) >= 11 is 0. The Kier molecular flexibility index (Phi) is 4.95. The van der Waals surface area contributed by atoms with Gasteiger partial charge in [0.15, 0.2) is 0 Å². The van der Waals surface area contributed by atoms with E-state index < -0.39 is 5.60 Å². The van der Waals surface area contributed by atoms with Crippen molar-refractivity contribution in [2.75, 3.05) is 0 Å². The Labute approximate surface area is 128 Å². The molecule has 1 aliphatic carbocycles. The lowest BCUT2D eigenvalue weighted by atomic mass is 9.84. The van der Waals surface area contributed by atoms with Crippen LogP contribution in [0, 0.1) is 5.92 Å². The molecule has 1 saturated heterocycles. The lowest BCUT2D eigenvalue weighted by Gasteiger charge is -2.33. The summed E-state index contributed by atoms with van der Waals surface area (Å²) in [5.41, 5.74) is -0.443. The summed E-state index contributed by atoms with van der Waals surface area (Å²) in [5, 5.41) is 0. The minimum absolute atomic E-state index is 0.176. The highest BCUT2D eigenvalue weighted by atomic mass is 16.6. The van der Waals surface area contributed by atoms with Crippen LogP contribution in [0.4, 0.5) is 4.79 Å². The zero-order valence-electron chi connectivity index (χ0n) is 13.9. The number of likely N-dealkylation sites (tertiary alicyclic amines) is 1. The summed E-state index contributed by atoms with van der Waals surface area (Å²) in [6, 6.07) is 0.545. The van der Waals surface area contributed by atoms with Gasteiger partial charge >= 0.3 is 6.09 Å². The number of hydrogen-bond donors (Lipinski definition) is 0. The number of ether oxygens (including phenoxy) is 1. The smallest absolute Gasteiger partial charge is 0.410 e. The second-order valence-electron chi connectivity index (χ2n) is 7.69. The summed E-state index contributed by atoms with van der Waals surface area (Å²) < 4.78 is 5.56. The molecule has 1 saturated carbocycles. The average molecular weight is 295 g/mol. The van der Waals surface area contributed by atoms with Gasteiger partial charge in [-0.2, -0.15) is 0 Å². The Morgan fingerprint density at radius 3 is 2.38 bits per heavy atom. The van der Waals surface area contributed by atoms with E-state index >= 15 is 0 Å². The van der Waals surface area contributed by atoms with Crippen molar-refractivity contribution in [3.63, 3.8) is 0 Å². The van der Waals surface area contributed by atoms with E-state index in [1.807, 2.05) is 25.7 Å². The molecule has 0 aromatic heterocycles. The Morgan fingerprint density at radius 1 is 1.19 bits per heavy atom. The van der Waals surface area contributed by atoms with Crippen molar-refractivity contribution >= 4 is 11.9 Å². The number of ketones is 1. The molecule has 4 nitrogen and oxygen atoms in total. The van der Waals surface area contributed by atoms with Crippen molar-refractivity contribution < 1.29 is 14.3 Å². The average Bonchev–Trinajstić information content (AvgIpc) is 2.71. The first kappa shape index (κ1) is 16.3. The van der Waals surface area contributed by atoms with Gasteiger partial charge in [-0.3, -0.25) is 4.79 Å². The van der Waals surface area contributed by atoms with E-state index in [2.05, 4.69) is 6.92 Å². The normalized spacial score (nSPS) is 28.0. The molecule has 2 fully saturated rings. The molecule has 2 aliphatic rings. The zero-order valence-corrected chi connectivity index (χ0v) is 13.9. The van der Waals surface area contributed by atoms with Crippen molar-refractivity contribution in [1.29, 1.82) is 0 Å². The molecule has 0 N–H and O–H groups in total. The highest BCUT2D eigenvalue weighted by Gasteiger charge is 2.38. The van der Waals surface area contributed by atoms with Gasteiger partial charge in [0.1, 0.15) is 11.4 Å². The standard InChI is InChI=1S/C17H29NO3/c1-12-5-8-14(11-13-6-9-15(19)10-7-13)18(12)16(20)21-17(2,3)4/h12-14H,5-11H2,1-4H3/t12-,14-/m0/s1. The lowest BCUT2D eigenvalue weighted by molar-refractivity contribution is -0.121. The summed E-state index contributed by atoms with van der Waals surface area (Å²) in [7, 11) is 0. The second kappa shape index (κ2) is 6.37. The third kappa shape index (κ3) is 4.45. The van der Waals surface area contributed by atoms with Crippen LogP contribution in [0.25, 0.3) is 0 Å². The van der Waals surface area contributed by atoms with Crippen LogP contribution in [-0.4, -0.2) is 34.5 Å². The third-order valence-corrected chi connectivity index (χ3v) is 4.66. The number of hydrogen-bond acceptors (Lipinski definition) is 3. The first-order valence-electron chi connectivity index (χ1n) is 8.29. The number of nitrogens with zero attached hydrogens (tertiary/aromatic N) is 1. The van der Waals surface area contributed by atoms with Crippen LogP contribution >= 0.6 is 0 Å². The van der Waals surface area contributed by atoms with Crippen LogP contribution in [0.2, 0.25) is 0 Å². The van der Waals surface area contributed by atoms with Gasteiger partial charge in [0, 0.05) is 24.9 Å². The monoisotopic (exact) mass is 295 g/mol. The molecule has 2 atom stereocenters. The molecule has 0 unspecified atom stereocenters. The maximum absolute atomic E-state index is 12.4. The van der Waals surface area contributed by atoms with Crippen molar-refractivity contribution in [2.24, 2.45) is 5.92 Å². The number of rotatable bonds is 2. The molecule has 120 valence electrons. The first-order valence-corrected chi connectivity index (χ1v) is 8.29. The van der Waals surface area contributed by atoms with Gasteiger partial charge in [0.05, 0.1) is 0 Å². The van der Waals surface area contributed by atoms with Crippen LogP contribution < -0.4 is 0 Å². The van der Waals surface area contributed by atoms with Crippen LogP contribution in [-0.2, 0) is 9.53 Å². The quantitative estimate of drug-likeness (QED) is 0.775. The van der Waals surface area contributed by atoms with Gasteiger partial charge in [0.2, 0.25) is 0 Å². The van der Waals surface area contributed by atoms with Crippen molar-refractivity contribution in [1.82, 2.24) is 4.90 Å². The van der Waals surface area contributed by atoms with Gasteiger partial charge < -0.3 is 9.64 Å². The Morgan fingerprint density at radius 2 is 1.81 bits per heavy atom. The molecule has 1 amide bonds. The molecule has 0 radical (unpaired) electrons. The van der Waals surface area contributed by atoms with Crippen LogP contribution in [0.1, 0.15) is 72.6 Å². The van der Waals surface area contributed by atoms with Gasteiger partial charge in [-0.05, 0) is 65.7 Å². The first-order chi connectivity index (χ1) is 9.76. The Balaban J connectivity index is 1.95. The summed E-state index contributed by atoms with van der Waals surface area (Å²) in [4.78, 5) is 25.7. The summed E-state index contributed by atoms with van der Waals surface area (Å²) in [6.45, 7) is 7.84. The minimum atomic E-state index is -0.443. The Bertz CT molecular complexity index is 389. The number of carbonyl (C=O) groups is 2. The molecule has 0 aromatic carbocycles. The highest BCUT2D eigenvalue weighted by Crippen LogP contribution is 2.34. The van der Waals surface area contributed by atoms with Crippen molar-refractivity contribution in [2.45, 2.75) is 90.3 Å². The van der Waals surface area contributed by atoms with Crippen LogP contribution in [0.3, 0.4) is 0 Å². The van der Waals surface area contributed by atoms with Gasteiger partial charge in [0.25, 0.3) is 0 Å². The molecule has 0 bridgehead atoms. The van der Waals surface area contributed by atoms with E-state index in [1.165, 1.54) is 0 Å². The molecule has 0 spiro atoms. The minimum Gasteiger partial charge on any atom is -0.444 e. The molecular formula is C17H29NO3. The number of Topliss-reactive ketones (excluding diaryl/α,β-unsaturated/α-hetero) is 1. The fourth-order valence-electron chi connectivity index (χ4n) is 3.57. The van der Waals surface area contributed by atoms with Gasteiger partial charge in [-0.1, -0.05) is 0 Å². The second-order valence-corrected chi connectivity index (χ2v) is 7.69. The summed E-state index contributed by atoms with van der Waals surface area (Å²) in [5.74, 6) is 0.984. The molecular weight excluding hydrogens is 266 g/mol. The SMILES string of the molecule is C[C@H]1CC[C@@H](CC2CCC(=O)CC2)N1C(=O)OC(C)(C)C. The highest BCUT2D eigenvalue weighted by molar-refractivity contribution is 5.79. The third-order valence-electron chi connectivity index (χ3n) is 4.66. The molecule has 2 rings (SSSR count). The van der Waals surface area contributed by atoms with E-state index in [0.29, 0.717) is 11.7 Å². The summed E-state index contributed by atoms with van der Waals surface area (Å²) in [6.07, 6.45) is 6.39. The molecule has 21 heavy (non-hydrogen) atoms. The largest absolute Gasteiger partial charge is 0.444 e. The molecule has 1 heterocycles. The lowest BCUT2D eigenvalue weighted by Crippen LogP contribution is -2.44. The maximum atomic E-state index is 12.4. The fraction of sp³-hybridized carbons (Fsp3) is 0.882. The van der Waals surface area contributed by atoms with Crippen molar-refractivity contribution in [3.8, 4) is 0 Å². The maximum Gasteiger partial charge on any atom is 0.410 e. The molecule has 0 aromatic rings. The van der Waals surface area contributed by atoms with Gasteiger partial charge in [-0.25, -0.2) is 4.79 Å². The molecule has 1 aliphatic heterocycles. The van der Waals surface area contributed by atoms with E-state index in [0.717, 1.165) is 44.9 Å². The predicted molar refractivity (Wildman–Crippen MR) is 82.1 cm³/mol. The van der Waals surface area contributed by atoms with E-state index in [-0.39, 0.29) is 18.2 Å².